The monoisotopic (exact) mass is 239 g/mol. The molecule has 0 amide bonds. The van der Waals surface area contributed by atoms with Gasteiger partial charge in [-0.25, -0.2) is 8.42 Å². The van der Waals surface area contributed by atoms with Crippen molar-refractivity contribution in [3.05, 3.63) is 23.8 Å². The number of nitrogen functional groups attached to an aromatic ring is 1. The van der Waals surface area contributed by atoms with E-state index in [1.54, 1.807) is 13.0 Å². The molecule has 0 aromatic heterocycles. The number of nitrogens with one attached hydrogen (secondary N) is 1. The number of rotatable bonds is 4. The average Bonchev–Trinajstić information content (AvgIpc) is 2.20. The summed E-state index contributed by atoms with van der Waals surface area (Å²) in [4.78, 5) is 0. The van der Waals surface area contributed by atoms with Crippen LogP contribution >= 0.6 is 0 Å². The maximum Gasteiger partial charge on any atom is 0.232 e. The van der Waals surface area contributed by atoms with Crippen LogP contribution in [0.25, 0.3) is 0 Å². The predicted molar refractivity (Wildman–Crippen MR) is 63.3 cm³/mol. The summed E-state index contributed by atoms with van der Waals surface area (Å²) in [5.41, 5.74) is 6.41. The van der Waals surface area contributed by atoms with Crippen LogP contribution in [0.1, 0.15) is 18.9 Å². The lowest BCUT2D eigenvalue weighted by atomic mass is 10.2. The molecule has 86 valence electrons. The summed E-state index contributed by atoms with van der Waals surface area (Å²) >= 11 is 0. The van der Waals surface area contributed by atoms with Gasteiger partial charge in [-0.15, -0.1) is 0 Å². The molecule has 0 atom stereocenters. The smallest absolute Gasteiger partial charge is 0.232 e. The highest BCUT2D eigenvalue weighted by molar-refractivity contribution is 7.92. The van der Waals surface area contributed by atoms with Gasteiger partial charge in [0.15, 0.2) is 0 Å². The minimum absolute atomic E-state index is 0.0300. The van der Waals surface area contributed by atoms with Gasteiger partial charge < -0.3 is 5.73 Å². The Hall–Kier alpha value is -1.74. The van der Waals surface area contributed by atoms with Crippen LogP contribution in [0.15, 0.2) is 18.2 Å². The standard InChI is InChI=1S/C10H13N3O2S/c1-2-5-16(14,15)13-10-4-3-9(12)6-8(10)7-11/h3-4,6,13H,2,5,12H2,1H3. The molecule has 0 aliphatic carbocycles. The molecule has 0 heterocycles. The van der Waals surface area contributed by atoms with Crippen molar-refractivity contribution < 1.29 is 8.42 Å². The molecule has 0 bridgehead atoms. The van der Waals surface area contributed by atoms with E-state index in [0.717, 1.165) is 0 Å². The third kappa shape index (κ3) is 3.14. The average molecular weight is 239 g/mol. The van der Waals surface area contributed by atoms with Gasteiger partial charge in [-0.05, 0) is 24.6 Å². The first-order valence-electron chi connectivity index (χ1n) is 4.78. The van der Waals surface area contributed by atoms with Crippen LogP contribution in [0.4, 0.5) is 11.4 Å². The van der Waals surface area contributed by atoms with E-state index in [2.05, 4.69) is 4.72 Å². The predicted octanol–water partition coefficient (Wildman–Crippen LogP) is 1.29. The minimum Gasteiger partial charge on any atom is -0.399 e. The van der Waals surface area contributed by atoms with Gasteiger partial charge in [-0.3, -0.25) is 4.72 Å². The number of hydrogen-bond acceptors (Lipinski definition) is 4. The van der Waals surface area contributed by atoms with Gasteiger partial charge in [0.1, 0.15) is 6.07 Å². The zero-order valence-electron chi connectivity index (χ0n) is 8.90. The third-order valence-electron chi connectivity index (χ3n) is 1.90. The molecule has 0 fully saturated rings. The van der Waals surface area contributed by atoms with Crippen LogP contribution in [0.2, 0.25) is 0 Å². The molecular weight excluding hydrogens is 226 g/mol. The lowest BCUT2D eigenvalue weighted by Gasteiger charge is -2.08. The quantitative estimate of drug-likeness (QED) is 0.774. The fraction of sp³-hybridized carbons (Fsp3) is 0.300. The lowest BCUT2D eigenvalue weighted by molar-refractivity contribution is 0.600. The molecule has 0 saturated heterocycles. The van der Waals surface area contributed by atoms with Crippen LogP contribution in [-0.4, -0.2) is 14.2 Å². The highest BCUT2D eigenvalue weighted by Crippen LogP contribution is 2.19. The molecule has 6 heteroatoms. The van der Waals surface area contributed by atoms with Crippen molar-refractivity contribution in [3.8, 4) is 6.07 Å². The van der Waals surface area contributed by atoms with E-state index in [9.17, 15) is 8.42 Å². The van der Waals surface area contributed by atoms with Crippen molar-refractivity contribution in [2.24, 2.45) is 0 Å². The van der Waals surface area contributed by atoms with Crippen molar-refractivity contribution in [2.45, 2.75) is 13.3 Å². The number of nitrogens with two attached hydrogens (primary N) is 1. The molecule has 1 aromatic rings. The topological polar surface area (TPSA) is 96.0 Å². The molecular formula is C10H13N3O2S. The van der Waals surface area contributed by atoms with Crippen LogP contribution < -0.4 is 10.5 Å². The Balaban J connectivity index is 3.03. The second-order valence-electron chi connectivity index (χ2n) is 3.34. The maximum atomic E-state index is 11.5. The van der Waals surface area contributed by atoms with Crippen molar-refractivity contribution >= 4 is 21.4 Å². The van der Waals surface area contributed by atoms with Crippen LogP contribution in [0.3, 0.4) is 0 Å². The summed E-state index contributed by atoms with van der Waals surface area (Å²) in [6.07, 6.45) is 0.520. The first kappa shape index (κ1) is 12.3. The Kier molecular flexibility index (Phi) is 3.74. The summed E-state index contributed by atoms with van der Waals surface area (Å²) in [7, 11) is -3.37. The van der Waals surface area contributed by atoms with E-state index in [0.29, 0.717) is 12.1 Å². The van der Waals surface area contributed by atoms with Crippen molar-refractivity contribution in [2.75, 3.05) is 16.2 Å². The highest BCUT2D eigenvalue weighted by atomic mass is 32.2. The number of benzene rings is 1. The SMILES string of the molecule is CCCS(=O)(=O)Nc1ccc(N)cc1C#N. The Labute approximate surface area is 94.9 Å². The molecule has 0 spiro atoms. The van der Waals surface area contributed by atoms with Gasteiger partial charge >= 0.3 is 0 Å². The Bertz CT molecular complexity index is 517. The van der Waals surface area contributed by atoms with Crippen molar-refractivity contribution in [3.63, 3.8) is 0 Å². The fourth-order valence-electron chi connectivity index (χ4n) is 1.23. The number of sulfonamides is 1. The van der Waals surface area contributed by atoms with E-state index >= 15 is 0 Å². The maximum absolute atomic E-state index is 11.5. The number of hydrogen-bond donors (Lipinski definition) is 2. The van der Waals surface area contributed by atoms with Crippen LogP contribution in [0.5, 0.6) is 0 Å². The summed E-state index contributed by atoms with van der Waals surface area (Å²) in [6.45, 7) is 1.77. The third-order valence-corrected chi connectivity index (χ3v) is 3.38. The normalized spacial score (nSPS) is 10.8. The second kappa shape index (κ2) is 4.86. The van der Waals surface area contributed by atoms with Crippen LogP contribution in [-0.2, 0) is 10.0 Å². The van der Waals surface area contributed by atoms with Gasteiger partial charge in [0.2, 0.25) is 10.0 Å². The van der Waals surface area contributed by atoms with Crippen molar-refractivity contribution in [1.29, 1.82) is 5.26 Å². The zero-order valence-corrected chi connectivity index (χ0v) is 9.71. The van der Waals surface area contributed by atoms with E-state index in [-0.39, 0.29) is 17.0 Å². The number of anilines is 2. The Morgan fingerprint density at radius 2 is 2.19 bits per heavy atom. The first-order valence-corrected chi connectivity index (χ1v) is 6.44. The summed E-state index contributed by atoms with van der Waals surface area (Å²) < 4.78 is 25.4. The Morgan fingerprint density at radius 1 is 1.50 bits per heavy atom. The fourth-order valence-corrected chi connectivity index (χ4v) is 2.38. The Morgan fingerprint density at radius 3 is 2.75 bits per heavy atom. The molecule has 1 rings (SSSR count). The second-order valence-corrected chi connectivity index (χ2v) is 5.18. The van der Waals surface area contributed by atoms with Gasteiger partial charge in [0.25, 0.3) is 0 Å². The van der Waals surface area contributed by atoms with E-state index in [1.807, 2.05) is 6.07 Å². The minimum atomic E-state index is -3.37. The highest BCUT2D eigenvalue weighted by Gasteiger charge is 2.11. The molecule has 1 aromatic carbocycles. The van der Waals surface area contributed by atoms with Crippen LogP contribution in [0, 0.1) is 11.3 Å². The molecule has 16 heavy (non-hydrogen) atoms. The largest absolute Gasteiger partial charge is 0.399 e. The molecule has 0 unspecified atom stereocenters. The van der Waals surface area contributed by atoms with Gasteiger partial charge in [-0.1, -0.05) is 6.92 Å². The lowest BCUT2D eigenvalue weighted by Crippen LogP contribution is -2.16. The summed E-state index contributed by atoms with van der Waals surface area (Å²) in [6, 6.07) is 6.36. The van der Waals surface area contributed by atoms with E-state index in [4.69, 9.17) is 11.0 Å². The molecule has 0 saturated carbocycles. The molecule has 3 N–H and O–H groups in total. The molecule has 0 aliphatic rings. The summed E-state index contributed by atoms with van der Waals surface area (Å²) in [5.74, 6) is 0.0300. The molecule has 5 nitrogen and oxygen atoms in total. The number of nitrogens with zero attached hydrogens (tertiary/aromatic N) is 1. The van der Waals surface area contributed by atoms with Crippen molar-refractivity contribution in [1.82, 2.24) is 0 Å². The zero-order chi connectivity index (χ0) is 12.2. The van der Waals surface area contributed by atoms with E-state index < -0.39 is 10.0 Å². The summed E-state index contributed by atoms with van der Waals surface area (Å²) in [5, 5.41) is 8.83. The first-order chi connectivity index (χ1) is 7.48. The van der Waals surface area contributed by atoms with Gasteiger partial charge in [0, 0.05) is 5.69 Å². The number of nitriles is 1. The molecule has 0 radical (unpaired) electrons. The molecule has 0 aliphatic heterocycles. The van der Waals surface area contributed by atoms with Gasteiger partial charge in [-0.2, -0.15) is 5.26 Å². The van der Waals surface area contributed by atoms with E-state index in [1.165, 1.54) is 12.1 Å². The van der Waals surface area contributed by atoms with Gasteiger partial charge in [0.05, 0.1) is 17.0 Å².